The van der Waals surface area contributed by atoms with Crippen molar-refractivity contribution >= 4 is 17.2 Å². The number of carbonyl (C=O) groups excluding carboxylic acids is 1. The van der Waals surface area contributed by atoms with Crippen molar-refractivity contribution in [2.75, 3.05) is 20.1 Å². The van der Waals surface area contributed by atoms with E-state index in [2.05, 4.69) is 55.8 Å². The second-order valence-electron chi connectivity index (χ2n) is 9.22. The van der Waals surface area contributed by atoms with Gasteiger partial charge in [0.1, 0.15) is 0 Å². The molecule has 35 heavy (non-hydrogen) atoms. The van der Waals surface area contributed by atoms with Crippen molar-refractivity contribution in [1.29, 1.82) is 0 Å². The summed E-state index contributed by atoms with van der Waals surface area (Å²) < 4.78 is 2.07. The van der Waals surface area contributed by atoms with E-state index in [4.69, 9.17) is 0 Å². The van der Waals surface area contributed by atoms with Gasteiger partial charge >= 0.3 is 0 Å². The predicted octanol–water partition coefficient (Wildman–Crippen LogP) is 4.92. The van der Waals surface area contributed by atoms with Gasteiger partial charge in [0.05, 0.1) is 5.56 Å². The standard InChI is InChI=1S/C28H31N5OS/c1-31(27(34)24-12-18-35-21-24)26(19-22-7-3-2-4-8-22)23-10-16-32(17-11-23)20-25-9-5-15-33(25)28-29-13-6-14-30-28/h2-9,12-15,18,21,23,26H,10-11,16-17,19-20H2,1H3/t26-/m1/s1. The SMILES string of the molecule is CN(C(=O)c1ccsc1)[C@H](Cc1ccccc1)C1CCN(Cc2cccn2-c2ncccn2)CC1. The van der Waals surface area contributed by atoms with Gasteiger partial charge in [-0.1, -0.05) is 30.3 Å². The second kappa shape index (κ2) is 11.0. The molecule has 1 atom stereocenters. The summed E-state index contributed by atoms with van der Waals surface area (Å²) in [5.74, 6) is 1.29. The third-order valence-corrected chi connectivity index (χ3v) is 7.72. The molecule has 0 saturated carbocycles. The van der Waals surface area contributed by atoms with Gasteiger partial charge < -0.3 is 4.90 Å². The number of thiophene rings is 1. The van der Waals surface area contributed by atoms with Gasteiger partial charge in [0.25, 0.3) is 5.91 Å². The van der Waals surface area contributed by atoms with Crippen LogP contribution in [0.15, 0.2) is 83.9 Å². The Kier molecular flexibility index (Phi) is 7.35. The number of rotatable bonds is 8. The minimum absolute atomic E-state index is 0.121. The number of likely N-dealkylation sites (N-methyl/N-ethyl adjacent to an activating group) is 1. The molecule has 0 unspecified atom stereocenters. The predicted molar refractivity (Wildman–Crippen MR) is 140 cm³/mol. The molecular formula is C28H31N5OS. The van der Waals surface area contributed by atoms with Crippen molar-refractivity contribution in [1.82, 2.24) is 24.3 Å². The summed E-state index contributed by atoms with van der Waals surface area (Å²) in [4.78, 5) is 26.5. The smallest absolute Gasteiger partial charge is 0.254 e. The second-order valence-corrected chi connectivity index (χ2v) is 10.00. The summed E-state index contributed by atoms with van der Waals surface area (Å²) in [6.07, 6.45) is 8.60. The van der Waals surface area contributed by atoms with Crippen LogP contribution in [0, 0.1) is 5.92 Å². The van der Waals surface area contributed by atoms with Crippen LogP contribution in [0.1, 0.15) is 34.5 Å². The Bertz CT molecular complexity index is 1200. The van der Waals surface area contributed by atoms with E-state index in [1.165, 1.54) is 11.3 Å². The molecule has 3 aromatic heterocycles. The lowest BCUT2D eigenvalue weighted by atomic mass is 9.84. The third kappa shape index (κ3) is 5.52. The minimum Gasteiger partial charge on any atom is -0.338 e. The van der Waals surface area contributed by atoms with Crippen LogP contribution in [0.5, 0.6) is 0 Å². The minimum atomic E-state index is 0.121. The fourth-order valence-corrected chi connectivity index (χ4v) is 5.73. The van der Waals surface area contributed by atoms with E-state index in [1.54, 1.807) is 23.7 Å². The number of amides is 1. The average Bonchev–Trinajstić information content (AvgIpc) is 3.61. The molecule has 1 saturated heterocycles. The molecule has 7 heteroatoms. The van der Waals surface area contributed by atoms with Gasteiger partial charge in [-0.3, -0.25) is 14.3 Å². The third-order valence-electron chi connectivity index (χ3n) is 7.04. The van der Waals surface area contributed by atoms with Crippen LogP contribution in [0.2, 0.25) is 0 Å². The summed E-state index contributed by atoms with van der Waals surface area (Å²) in [7, 11) is 1.98. The zero-order chi connectivity index (χ0) is 24.0. The normalized spacial score (nSPS) is 15.7. The van der Waals surface area contributed by atoms with Gasteiger partial charge in [-0.25, -0.2) is 9.97 Å². The van der Waals surface area contributed by atoms with Crippen LogP contribution in [0.25, 0.3) is 5.95 Å². The van der Waals surface area contributed by atoms with Crippen LogP contribution in [-0.4, -0.2) is 56.4 Å². The monoisotopic (exact) mass is 485 g/mol. The Hall–Kier alpha value is -3.29. The molecule has 1 fully saturated rings. The Morgan fingerprint density at radius 1 is 1.06 bits per heavy atom. The Balaban J connectivity index is 1.27. The molecule has 1 amide bonds. The molecular weight excluding hydrogens is 454 g/mol. The molecule has 4 aromatic rings. The molecule has 180 valence electrons. The highest BCUT2D eigenvalue weighted by Crippen LogP contribution is 2.28. The lowest BCUT2D eigenvalue weighted by molar-refractivity contribution is 0.0584. The average molecular weight is 486 g/mol. The molecule has 1 aromatic carbocycles. The van der Waals surface area contributed by atoms with E-state index in [-0.39, 0.29) is 11.9 Å². The van der Waals surface area contributed by atoms with Crippen LogP contribution in [0.4, 0.5) is 0 Å². The van der Waals surface area contributed by atoms with Crippen LogP contribution in [-0.2, 0) is 13.0 Å². The van der Waals surface area contributed by atoms with E-state index in [0.29, 0.717) is 11.9 Å². The molecule has 4 heterocycles. The number of benzene rings is 1. The van der Waals surface area contributed by atoms with Crippen molar-refractivity contribution in [2.45, 2.75) is 31.8 Å². The molecule has 0 spiro atoms. The zero-order valence-corrected chi connectivity index (χ0v) is 20.8. The number of hydrogen-bond acceptors (Lipinski definition) is 5. The first-order valence-corrected chi connectivity index (χ1v) is 13.1. The van der Waals surface area contributed by atoms with Crippen LogP contribution >= 0.6 is 11.3 Å². The quantitative estimate of drug-likeness (QED) is 0.355. The molecule has 0 aliphatic carbocycles. The Morgan fingerprint density at radius 3 is 2.54 bits per heavy atom. The summed E-state index contributed by atoms with van der Waals surface area (Å²) in [6, 6.07) is 18.7. The van der Waals surface area contributed by atoms with Crippen molar-refractivity contribution in [3.63, 3.8) is 0 Å². The lowest BCUT2D eigenvalue weighted by Gasteiger charge is -2.40. The first-order valence-electron chi connectivity index (χ1n) is 12.2. The van der Waals surface area contributed by atoms with E-state index >= 15 is 0 Å². The van der Waals surface area contributed by atoms with Gasteiger partial charge in [-0.2, -0.15) is 11.3 Å². The maximum atomic E-state index is 13.2. The number of aromatic nitrogens is 3. The molecule has 0 N–H and O–H groups in total. The lowest BCUT2D eigenvalue weighted by Crippen LogP contribution is -2.47. The van der Waals surface area contributed by atoms with Crippen molar-refractivity contribution in [3.8, 4) is 5.95 Å². The van der Waals surface area contributed by atoms with Gasteiger partial charge in [0, 0.05) is 49.3 Å². The number of carbonyl (C=O) groups is 1. The van der Waals surface area contributed by atoms with Crippen LogP contribution in [0.3, 0.4) is 0 Å². The Morgan fingerprint density at radius 2 is 1.83 bits per heavy atom. The van der Waals surface area contributed by atoms with E-state index < -0.39 is 0 Å². The van der Waals surface area contributed by atoms with E-state index in [0.717, 1.165) is 44.5 Å². The molecule has 1 aliphatic heterocycles. The Labute approximate surface area is 210 Å². The highest BCUT2D eigenvalue weighted by Gasteiger charge is 2.32. The van der Waals surface area contributed by atoms with Crippen molar-refractivity contribution < 1.29 is 4.79 Å². The number of piperidine rings is 1. The topological polar surface area (TPSA) is 54.3 Å². The summed E-state index contributed by atoms with van der Waals surface area (Å²) in [5.41, 5.74) is 3.27. The number of likely N-dealkylation sites (tertiary alicyclic amines) is 1. The van der Waals surface area contributed by atoms with Gasteiger partial charge in [0.2, 0.25) is 5.95 Å². The maximum Gasteiger partial charge on any atom is 0.254 e. The maximum absolute atomic E-state index is 13.2. The van der Waals surface area contributed by atoms with Gasteiger partial charge in [-0.05, 0) is 73.5 Å². The molecule has 5 rings (SSSR count). The van der Waals surface area contributed by atoms with E-state index in [9.17, 15) is 4.79 Å². The molecule has 0 radical (unpaired) electrons. The van der Waals surface area contributed by atoms with Gasteiger partial charge in [-0.15, -0.1) is 0 Å². The summed E-state index contributed by atoms with van der Waals surface area (Å²) >= 11 is 1.57. The number of hydrogen-bond donors (Lipinski definition) is 0. The van der Waals surface area contributed by atoms with Crippen LogP contribution < -0.4 is 0 Å². The fraction of sp³-hybridized carbons (Fsp3) is 0.321. The number of nitrogens with zero attached hydrogens (tertiary/aromatic N) is 5. The highest BCUT2D eigenvalue weighted by atomic mass is 32.1. The summed E-state index contributed by atoms with van der Waals surface area (Å²) in [5, 5.41) is 3.93. The largest absolute Gasteiger partial charge is 0.338 e. The van der Waals surface area contributed by atoms with Gasteiger partial charge in [0.15, 0.2) is 0 Å². The zero-order valence-electron chi connectivity index (χ0n) is 20.0. The summed E-state index contributed by atoms with van der Waals surface area (Å²) in [6.45, 7) is 2.89. The fourth-order valence-electron chi connectivity index (χ4n) is 5.10. The van der Waals surface area contributed by atoms with E-state index in [1.807, 2.05) is 47.1 Å². The molecule has 1 aliphatic rings. The van der Waals surface area contributed by atoms with Crippen molar-refractivity contribution in [2.24, 2.45) is 5.92 Å². The highest BCUT2D eigenvalue weighted by molar-refractivity contribution is 7.08. The molecule has 6 nitrogen and oxygen atoms in total. The molecule has 0 bridgehead atoms. The first kappa shape index (κ1) is 23.5. The van der Waals surface area contributed by atoms with Crippen molar-refractivity contribution in [3.05, 3.63) is 101 Å². The first-order chi connectivity index (χ1) is 17.2.